The fraction of sp³-hybridized carbons (Fsp3) is 0.0833. The van der Waals surface area contributed by atoms with Crippen molar-refractivity contribution in [2.45, 2.75) is 6.18 Å². The molecule has 0 amide bonds. The lowest BCUT2D eigenvalue weighted by atomic mass is 10.1. The zero-order valence-corrected chi connectivity index (χ0v) is 9.76. The summed E-state index contributed by atoms with van der Waals surface area (Å²) >= 11 is 5.75. The molecule has 0 aliphatic heterocycles. The predicted octanol–water partition coefficient (Wildman–Crippen LogP) is 4.00. The van der Waals surface area contributed by atoms with E-state index in [4.69, 9.17) is 17.3 Å². The maximum atomic E-state index is 12.3. The molecular weight excluding hydrogens is 265 g/mol. The molecule has 0 unspecified atom stereocenters. The fourth-order valence-corrected chi connectivity index (χ4v) is 1.70. The Kier molecular flexibility index (Phi) is 3.17. The van der Waals surface area contributed by atoms with Crippen molar-refractivity contribution in [3.63, 3.8) is 0 Å². The van der Waals surface area contributed by atoms with Gasteiger partial charge in [-0.15, -0.1) is 0 Å². The number of anilines is 1. The van der Waals surface area contributed by atoms with Crippen LogP contribution < -0.4 is 5.73 Å². The maximum absolute atomic E-state index is 12.3. The number of nitrogens with zero attached hydrogens (tertiary/aromatic N) is 1. The second kappa shape index (κ2) is 4.49. The Labute approximate surface area is 106 Å². The second-order valence-corrected chi connectivity index (χ2v) is 4.10. The highest BCUT2D eigenvalue weighted by atomic mass is 35.5. The summed E-state index contributed by atoms with van der Waals surface area (Å²) in [4.78, 5) is 3.38. The highest BCUT2D eigenvalue weighted by Gasteiger charge is 2.32. The number of nitrogens with two attached hydrogens (primary N) is 1. The van der Waals surface area contributed by atoms with Crippen molar-refractivity contribution in [1.29, 1.82) is 0 Å². The smallest absolute Gasteiger partial charge is 0.398 e. The lowest BCUT2D eigenvalue weighted by molar-refractivity contribution is -0.141. The Hall–Kier alpha value is -1.75. The minimum Gasteiger partial charge on any atom is -0.398 e. The van der Waals surface area contributed by atoms with Gasteiger partial charge in [-0.2, -0.15) is 13.2 Å². The molecule has 18 heavy (non-hydrogen) atoms. The van der Waals surface area contributed by atoms with E-state index in [9.17, 15) is 13.2 Å². The monoisotopic (exact) mass is 272 g/mol. The SMILES string of the molecule is Nc1cc(Cl)ccc1-c1ccc(C(F)(F)F)nc1. The van der Waals surface area contributed by atoms with Gasteiger partial charge in [0.2, 0.25) is 0 Å². The molecule has 0 aliphatic carbocycles. The van der Waals surface area contributed by atoms with Crippen LogP contribution in [0.1, 0.15) is 5.69 Å². The zero-order valence-electron chi connectivity index (χ0n) is 9.00. The number of aromatic nitrogens is 1. The van der Waals surface area contributed by atoms with E-state index < -0.39 is 11.9 Å². The normalized spacial score (nSPS) is 11.6. The average molecular weight is 273 g/mol. The topological polar surface area (TPSA) is 38.9 Å². The largest absolute Gasteiger partial charge is 0.433 e. The van der Waals surface area contributed by atoms with E-state index in [0.717, 1.165) is 12.3 Å². The van der Waals surface area contributed by atoms with Gasteiger partial charge in [0.15, 0.2) is 0 Å². The molecule has 0 saturated heterocycles. The van der Waals surface area contributed by atoms with Crippen molar-refractivity contribution in [1.82, 2.24) is 4.98 Å². The predicted molar refractivity (Wildman–Crippen MR) is 64.1 cm³/mol. The number of hydrogen-bond donors (Lipinski definition) is 1. The van der Waals surface area contributed by atoms with Gasteiger partial charge in [0, 0.05) is 28.0 Å². The summed E-state index contributed by atoms with van der Waals surface area (Å²) in [5.74, 6) is 0. The first-order valence-corrected chi connectivity index (χ1v) is 5.34. The molecule has 1 aromatic heterocycles. The third kappa shape index (κ3) is 2.56. The first-order valence-electron chi connectivity index (χ1n) is 4.96. The summed E-state index contributed by atoms with van der Waals surface area (Å²) in [5, 5.41) is 0.469. The fourth-order valence-electron chi connectivity index (χ4n) is 1.52. The van der Waals surface area contributed by atoms with E-state index in [2.05, 4.69) is 4.98 Å². The number of pyridine rings is 1. The Morgan fingerprint density at radius 3 is 2.33 bits per heavy atom. The first kappa shape index (κ1) is 12.7. The van der Waals surface area contributed by atoms with Crippen LogP contribution in [-0.4, -0.2) is 4.98 Å². The molecule has 0 radical (unpaired) electrons. The van der Waals surface area contributed by atoms with Crippen LogP contribution in [0.5, 0.6) is 0 Å². The Balaban J connectivity index is 2.41. The lowest BCUT2D eigenvalue weighted by Crippen LogP contribution is -2.07. The van der Waals surface area contributed by atoms with Gasteiger partial charge in [-0.05, 0) is 18.2 Å². The zero-order chi connectivity index (χ0) is 13.3. The van der Waals surface area contributed by atoms with Gasteiger partial charge in [-0.3, -0.25) is 4.98 Å². The Morgan fingerprint density at radius 1 is 1.11 bits per heavy atom. The molecule has 94 valence electrons. The maximum Gasteiger partial charge on any atom is 0.433 e. The third-order valence-electron chi connectivity index (χ3n) is 2.38. The third-order valence-corrected chi connectivity index (χ3v) is 2.61. The van der Waals surface area contributed by atoms with E-state index in [-0.39, 0.29) is 0 Å². The molecule has 0 fully saturated rings. The van der Waals surface area contributed by atoms with Crippen LogP contribution >= 0.6 is 11.6 Å². The van der Waals surface area contributed by atoms with Crippen molar-refractivity contribution in [2.24, 2.45) is 0 Å². The van der Waals surface area contributed by atoms with E-state index in [0.29, 0.717) is 21.8 Å². The standard InChI is InChI=1S/C12H8ClF3N2/c13-8-2-3-9(10(17)5-8)7-1-4-11(18-6-7)12(14,15)16/h1-6H,17H2. The summed E-state index contributed by atoms with van der Waals surface area (Å²) < 4.78 is 37.0. The van der Waals surface area contributed by atoms with E-state index in [1.807, 2.05) is 0 Å². The van der Waals surface area contributed by atoms with Gasteiger partial charge in [-0.25, -0.2) is 0 Å². The summed E-state index contributed by atoms with van der Waals surface area (Å²) in [5.41, 5.74) is 6.31. The molecule has 0 atom stereocenters. The van der Waals surface area contributed by atoms with Crippen molar-refractivity contribution in [3.05, 3.63) is 47.2 Å². The molecule has 0 spiro atoms. The highest BCUT2D eigenvalue weighted by Crippen LogP contribution is 2.31. The molecular formula is C12H8ClF3N2. The van der Waals surface area contributed by atoms with Crippen molar-refractivity contribution in [2.75, 3.05) is 5.73 Å². The summed E-state index contributed by atoms with van der Waals surface area (Å²) in [6.45, 7) is 0. The average Bonchev–Trinajstić information content (AvgIpc) is 2.28. The van der Waals surface area contributed by atoms with Crippen LogP contribution in [0.3, 0.4) is 0 Å². The van der Waals surface area contributed by atoms with Crippen molar-refractivity contribution in [3.8, 4) is 11.1 Å². The van der Waals surface area contributed by atoms with E-state index >= 15 is 0 Å². The van der Waals surface area contributed by atoms with Crippen molar-refractivity contribution >= 4 is 17.3 Å². The van der Waals surface area contributed by atoms with Crippen LogP contribution in [0.4, 0.5) is 18.9 Å². The summed E-state index contributed by atoms with van der Waals surface area (Å²) in [6, 6.07) is 7.04. The van der Waals surface area contributed by atoms with Crippen molar-refractivity contribution < 1.29 is 13.2 Å². The number of benzene rings is 1. The van der Waals surface area contributed by atoms with E-state index in [1.54, 1.807) is 12.1 Å². The number of nitrogen functional groups attached to an aromatic ring is 1. The molecule has 1 aromatic carbocycles. The van der Waals surface area contributed by atoms with Gasteiger partial charge >= 0.3 is 6.18 Å². The van der Waals surface area contributed by atoms with E-state index in [1.165, 1.54) is 12.1 Å². The Bertz CT molecular complexity index is 565. The lowest BCUT2D eigenvalue weighted by Gasteiger charge is -2.08. The Morgan fingerprint density at radius 2 is 1.83 bits per heavy atom. The minimum absolute atomic E-state index is 0.393. The highest BCUT2D eigenvalue weighted by molar-refractivity contribution is 6.31. The van der Waals surface area contributed by atoms with Crippen LogP contribution in [0.15, 0.2) is 36.5 Å². The van der Waals surface area contributed by atoms with Gasteiger partial charge in [0.1, 0.15) is 5.69 Å². The number of hydrogen-bond acceptors (Lipinski definition) is 2. The first-order chi connectivity index (χ1) is 8.38. The second-order valence-electron chi connectivity index (χ2n) is 3.66. The van der Waals surface area contributed by atoms with Crippen LogP contribution in [0.25, 0.3) is 11.1 Å². The molecule has 2 N–H and O–H groups in total. The van der Waals surface area contributed by atoms with Crippen LogP contribution in [-0.2, 0) is 6.18 Å². The molecule has 2 aromatic rings. The van der Waals surface area contributed by atoms with Crippen LogP contribution in [0.2, 0.25) is 5.02 Å². The number of rotatable bonds is 1. The number of alkyl halides is 3. The summed E-state index contributed by atoms with van der Waals surface area (Å²) in [6.07, 6.45) is -3.30. The number of halogens is 4. The van der Waals surface area contributed by atoms with Gasteiger partial charge in [0.05, 0.1) is 0 Å². The minimum atomic E-state index is -4.44. The quantitative estimate of drug-likeness (QED) is 0.797. The molecule has 2 rings (SSSR count). The molecule has 0 saturated carbocycles. The van der Waals surface area contributed by atoms with Gasteiger partial charge < -0.3 is 5.73 Å². The summed E-state index contributed by atoms with van der Waals surface area (Å²) in [7, 11) is 0. The molecule has 0 aliphatic rings. The van der Waals surface area contributed by atoms with Gasteiger partial charge in [-0.1, -0.05) is 23.7 Å². The molecule has 2 nitrogen and oxygen atoms in total. The molecule has 6 heteroatoms. The molecule has 1 heterocycles. The van der Waals surface area contributed by atoms with Gasteiger partial charge in [0.25, 0.3) is 0 Å². The molecule has 0 bridgehead atoms. The van der Waals surface area contributed by atoms with Crippen LogP contribution in [0, 0.1) is 0 Å².